The lowest BCUT2D eigenvalue weighted by Gasteiger charge is -2.23. The monoisotopic (exact) mass is 448 g/mol. The van der Waals surface area contributed by atoms with E-state index in [1.165, 1.54) is 16.3 Å². The van der Waals surface area contributed by atoms with Gasteiger partial charge in [0.2, 0.25) is 5.16 Å². The summed E-state index contributed by atoms with van der Waals surface area (Å²) in [5.74, 6) is 0.735. The van der Waals surface area contributed by atoms with Crippen molar-refractivity contribution in [1.29, 1.82) is 0 Å². The van der Waals surface area contributed by atoms with Crippen molar-refractivity contribution in [3.05, 3.63) is 88.2 Å². The second-order valence-corrected chi connectivity index (χ2v) is 8.78. The predicted molar refractivity (Wildman–Crippen MR) is 119 cm³/mol. The van der Waals surface area contributed by atoms with Crippen molar-refractivity contribution in [1.82, 2.24) is 19.6 Å². The van der Waals surface area contributed by atoms with Crippen LogP contribution in [0.1, 0.15) is 44.3 Å². The first kappa shape index (κ1) is 19.9. The zero-order chi connectivity index (χ0) is 21.4. The van der Waals surface area contributed by atoms with Crippen LogP contribution >= 0.6 is 23.4 Å². The fraction of sp³-hybridized carbons (Fsp3) is 0.174. The van der Waals surface area contributed by atoms with E-state index in [0.29, 0.717) is 39.9 Å². The van der Waals surface area contributed by atoms with Crippen LogP contribution in [0.25, 0.3) is 5.78 Å². The topological polar surface area (TPSA) is 77.2 Å². The van der Waals surface area contributed by atoms with E-state index in [9.17, 15) is 9.59 Å². The van der Waals surface area contributed by atoms with Gasteiger partial charge in [-0.15, -0.1) is 5.10 Å². The second kappa shape index (κ2) is 8.24. The highest BCUT2D eigenvalue weighted by Gasteiger charge is 2.28. The lowest BCUT2D eigenvalue weighted by molar-refractivity contribution is 0.0961. The maximum absolute atomic E-state index is 12.8. The number of fused-ring (bicyclic) bond motifs is 2. The highest BCUT2D eigenvalue weighted by atomic mass is 35.5. The molecule has 0 radical (unpaired) electrons. The fourth-order valence-electron chi connectivity index (χ4n) is 3.76. The Balaban J connectivity index is 1.38. The summed E-state index contributed by atoms with van der Waals surface area (Å²) in [7, 11) is 0. The van der Waals surface area contributed by atoms with E-state index >= 15 is 0 Å². The van der Waals surface area contributed by atoms with Gasteiger partial charge in [0.25, 0.3) is 5.78 Å². The van der Waals surface area contributed by atoms with Crippen molar-refractivity contribution in [2.75, 3.05) is 5.75 Å². The first-order valence-electron chi connectivity index (χ1n) is 9.83. The zero-order valence-corrected chi connectivity index (χ0v) is 17.9. The van der Waals surface area contributed by atoms with E-state index in [2.05, 4.69) is 15.1 Å². The predicted octanol–water partition coefficient (Wildman–Crippen LogP) is 4.67. The number of rotatable bonds is 5. The van der Waals surface area contributed by atoms with Gasteiger partial charge in [-0.3, -0.25) is 9.59 Å². The number of hydrogen-bond donors (Lipinski definition) is 0. The van der Waals surface area contributed by atoms with Crippen LogP contribution in [0.4, 0.5) is 0 Å². The molecular formula is C23H17ClN4O2S. The van der Waals surface area contributed by atoms with E-state index in [4.69, 9.17) is 11.6 Å². The number of nitrogens with zero attached hydrogens (tertiary/aromatic N) is 4. The molecule has 2 heterocycles. The summed E-state index contributed by atoms with van der Waals surface area (Å²) in [6.07, 6.45) is 2.74. The minimum Gasteiger partial charge on any atom is -0.294 e. The van der Waals surface area contributed by atoms with Crippen LogP contribution in [0, 0.1) is 0 Å². The summed E-state index contributed by atoms with van der Waals surface area (Å²) in [6, 6.07) is 16.7. The molecule has 0 aliphatic heterocycles. The molecule has 0 N–H and O–H groups in total. The summed E-state index contributed by atoms with van der Waals surface area (Å²) in [4.78, 5) is 34.2. The number of halogens is 1. The Labute approximate surface area is 187 Å². The second-order valence-electron chi connectivity index (χ2n) is 7.40. The van der Waals surface area contributed by atoms with Gasteiger partial charge in [0.1, 0.15) is 0 Å². The SMILES string of the molecule is O=C(CSc1nc2nc3c(cn2n1)C(=O)C[C@@H](c1cccc(Cl)c1)C3)c1ccccc1. The molecule has 0 saturated heterocycles. The Kier molecular flexibility index (Phi) is 5.29. The van der Waals surface area contributed by atoms with E-state index in [0.717, 1.165) is 11.3 Å². The van der Waals surface area contributed by atoms with E-state index in [1.807, 2.05) is 42.5 Å². The molecule has 8 heteroatoms. The molecular weight excluding hydrogens is 432 g/mol. The Morgan fingerprint density at radius 1 is 1.10 bits per heavy atom. The van der Waals surface area contributed by atoms with Crippen LogP contribution in [0.2, 0.25) is 5.02 Å². The Bertz CT molecular complexity index is 1310. The van der Waals surface area contributed by atoms with E-state index < -0.39 is 0 Å². The largest absolute Gasteiger partial charge is 0.294 e. The summed E-state index contributed by atoms with van der Waals surface area (Å²) < 4.78 is 1.52. The van der Waals surface area contributed by atoms with Crippen LogP contribution in [-0.4, -0.2) is 36.9 Å². The molecule has 1 atom stereocenters. The third-order valence-corrected chi connectivity index (χ3v) is 6.38. The van der Waals surface area contributed by atoms with Crippen molar-refractivity contribution >= 4 is 40.7 Å². The van der Waals surface area contributed by atoms with Gasteiger partial charge < -0.3 is 0 Å². The van der Waals surface area contributed by atoms with Crippen LogP contribution in [0.5, 0.6) is 0 Å². The molecule has 4 aromatic rings. The fourth-order valence-corrected chi connectivity index (χ4v) is 4.68. The van der Waals surface area contributed by atoms with Gasteiger partial charge in [0.15, 0.2) is 11.6 Å². The van der Waals surface area contributed by atoms with Gasteiger partial charge in [-0.25, -0.2) is 9.50 Å². The van der Waals surface area contributed by atoms with Crippen LogP contribution in [0.15, 0.2) is 66.0 Å². The average Bonchev–Trinajstić information content (AvgIpc) is 3.18. The number of benzene rings is 2. The van der Waals surface area contributed by atoms with Crippen molar-refractivity contribution < 1.29 is 9.59 Å². The molecule has 0 amide bonds. The number of aromatic nitrogens is 4. The third kappa shape index (κ3) is 4.11. The van der Waals surface area contributed by atoms with Crippen molar-refractivity contribution in [2.24, 2.45) is 0 Å². The summed E-state index contributed by atoms with van der Waals surface area (Å²) in [6.45, 7) is 0. The van der Waals surface area contributed by atoms with Gasteiger partial charge in [0, 0.05) is 23.2 Å². The number of hydrogen-bond acceptors (Lipinski definition) is 6. The molecule has 2 aromatic heterocycles. The van der Waals surface area contributed by atoms with Crippen molar-refractivity contribution in [3.63, 3.8) is 0 Å². The van der Waals surface area contributed by atoms with Crippen LogP contribution < -0.4 is 0 Å². The maximum Gasteiger partial charge on any atom is 0.253 e. The number of carbonyl (C=O) groups is 2. The summed E-state index contributed by atoms with van der Waals surface area (Å²) in [5, 5.41) is 5.51. The molecule has 1 aliphatic rings. The zero-order valence-electron chi connectivity index (χ0n) is 16.4. The van der Waals surface area contributed by atoms with Crippen LogP contribution in [-0.2, 0) is 6.42 Å². The highest BCUT2D eigenvalue weighted by molar-refractivity contribution is 7.99. The summed E-state index contributed by atoms with van der Waals surface area (Å²) in [5.41, 5.74) is 2.99. The first-order chi connectivity index (χ1) is 15.1. The van der Waals surface area contributed by atoms with Crippen LogP contribution in [0.3, 0.4) is 0 Å². The van der Waals surface area contributed by atoms with Gasteiger partial charge in [-0.05, 0) is 30.0 Å². The molecule has 31 heavy (non-hydrogen) atoms. The van der Waals surface area contributed by atoms with E-state index in [1.54, 1.807) is 18.3 Å². The molecule has 0 bridgehead atoms. The molecule has 6 nitrogen and oxygen atoms in total. The Morgan fingerprint density at radius 3 is 2.74 bits per heavy atom. The lowest BCUT2D eigenvalue weighted by atomic mass is 9.82. The van der Waals surface area contributed by atoms with Gasteiger partial charge in [-0.1, -0.05) is 65.8 Å². The minimum atomic E-state index is 0.0104. The number of ketones is 2. The van der Waals surface area contributed by atoms with Gasteiger partial charge in [0.05, 0.1) is 17.0 Å². The molecule has 5 rings (SSSR count). The number of Topliss-reactive ketones (excluding diaryl/α,β-unsaturated/α-hetero) is 2. The Morgan fingerprint density at radius 2 is 1.94 bits per heavy atom. The molecule has 0 spiro atoms. The van der Waals surface area contributed by atoms with Gasteiger partial charge >= 0.3 is 0 Å². The first-order valence-corrected chi connectivity index (χ1v) is 11.2. The molecule has 154 valence electrons. The molecule has 0 fully saturated rings. The minimum absolute atomic E-state index is 0.0104. The lowest BCUT2D eigenvalue weighted by Crippen LogP contribution is -2.21. The van der Waals surface area contributed by atoms with Crippen molar-refractivity contribution in [2.45, 2.75) is 23.9 Å². The molecule has 0 saturated carbocycles. The van der Waals surface area contributed by atoms with Crippen molar-refractivity contribution in [3.8, 4) is 0 Å². The Hall–Kier alpha value is -3.03. The number of carbonyl (C=O) groups excluding carboxylic acids is 2. The molecule has 2 aromatic carbocycles. The highest BCUT2D eigenvalue weighted by Crippen LogP contribution is 2.33. The normalized spacial score (nSPS) is 15.8. The quantitative estimate of drug-likeness (QED) is 0.326. The molecule has 0 unspecified atom stereocenters. The third-order valence-electron chi connectivity index (χ3n) is 5.31. The standard InChI is InChI=1S/C23H17ClN4O2S/c24-17-8-4-7-15(9-17)16-10-19-18(20(29)11-16)12-28-22(25-19)26-23(27-28)31-13-21(30)14-5-2-1-3-6-14/h1-9,12,16H,10-11,13H2/t16-/m0/s1. The average molecular weight is 449 g/mol. The maximum atomic E-state index is 12.8. The molecule has 1 aliphatic carbocycles. The van der Waals surface area contributed by atoms with Gasteiger partial charge in [-0.2, -0.15) is 4.98 Å². The van der Waals surface area contributed by atoms with E-state index in [-0.39, 0.29) is 23.2 Å². The summed E-state index contributed by atoms with van der Waals surface area (Å²) >= 11 is 7.38. The smallest absolute Gasteiger partial charge is 0.253 e. The number of thioether (sulfide) groups is 1.